The van der Waals surface area contributed by atoms with E-state index in [1.54, 1.807) is 0 Å². The van der Waals surface area contributed by atoms with Crippen LogP contribution < -0.4 is 14.2 Å². The number of ether oxygens (including phenoxy) is 1. The van der Waals surface area contributed by atoms with Gasteiger partial charge in [0.05, 0.1) is 27.6 Å². The number of fused-ring (bicyclic) bond motifs is 2. The average Bonchev–Trinajstić information content (AvgIpc) is 3.67. The summed E-state index contributed by atoms with van der Waals surface area (Å²) in [5.74, 6) is -2.01. The topological polar surface area (TPSA) is 152 Å². The maximum Gasteiger partial charge on any atom is 0.534 e. The van der Waals surface area contributed by atoms with Gasteiger partial charge in [-0.3, -0.25) is 0 Å². The van der Waals surface area contributed by atoms with Crippen molar-refractivity contribution in [2.45, 2.75) is 67.5 Å². The maximum atomic E-state index is 13.2. The highest BCUT2D eigenvalue weighted by molar-refractivity contribution is 7.90. The summed E-state index contributed by atoms with van der Waals surface area (Å²) in [6, 6.07) is 5.19. The number of hydrogen-bond acceptors (Lipinski definition) is 10. The van der Waals surface area contributed by atoms with Crippen LogP contribution in [0.1, 0.15) is 44.1 Å². The van der Waals surface area contributed by atoms with Crippen molar-refractivity contribution in [2.75, 3.05) is 5.32 Å². The Kier molecular flexibility index (Phi) is 7.06. The summed E-state index contributed by atoms with van der Waals surface area (Å²) >= 11 is 6.15. The molecule has 11 nitrogen and oxygen atoms in total. The van der Waals surface area contributed by atoms with Gasteiger partial charge in [0, 0.05) is 24.9 Å². The highest BCUT2D eigenvalue weighted by Crippen LogP contribution is 2.45. The number of sulfonamides is 1. The largest absolute Gasteiger partial charge is 0.534 e. The number of hydrogen-bond donors (Lipinski definition) is 1. The lowest BCUT2D eigenvalue weighted by Gasteiger charge is -2.37. The van der Waals surface area contributed by atoms with E-state index < -0.39 is 49.2 Å². The van der Waals surface area contributed by atoms with Gasteiger partial charge in [0.2, 0.25) is 15.8 Å². The molecule has 1 aliphatic carbocycles. The highest BCUT2D eigenvalue weighted by atomic mass is 35.5. The van der Waals surface area contributed by atoms with E-state index in [9.17, 15) is 30.0 Å². The van der Waals surface area contributed by atoms with Gasteiger partial charge in [0.25, 0.3) is 5.88 Å². The molecule has 0 spiro atoms. The molecular weight excluding hydrogens is 587 g/mol. The van der Waals surface area contributed by atoms with Crippen LogP contribution in [0.15, 0.2) is 24.5 Å². The fraction of sp³-hybridized carbons (Fsp3) is 0.500. The third-order valence-corrected chi connectivity index (χ3v) is 10.5. The lowest BCUT2D eigenvalue weighted by Crippen LogP contribution is -2.50. The molecule has 1 N–H and O–H groups in total. The minimum atomic E-state index is -6.15. The second-order valence-electron chi connectivity index (χ2n) is 9.44. The first-order valence-electron chi connectivity index (χ1n) is 11.8. The Morgan fingerprint density at radius 3 is 2.31 bits per heavy atom. The highest BCUT2D eigenvalue weighted by Gasteiger charge is 2.53. The van der Waals surface area contributed by atoms with Crippen molar-refractivity contribution >= 4 is 43.2 Å². The number of aromatic nitrogens is 2. The van der Waals surface area contributed by atoms with Crippen molar-refractivity contribution in [1.29, 1.82) is 5.26 Å². The first kappa shape index (κ1) is 27.7. The monoisotopic (exact) mass is 607 g/mol. The molecule has 39 heavy (non-hydrogen) atoms. The van der Waals surface area contributed by atoms with Crippen LogP contribution in [0.4, 0.5) is 24.7 Å². The first-order valence-corrected chi connectivity index (χ1v) is 15.1. The number of nitriles is 1. The van der Waals surface area contributed by atoms with Gasteiger partial charge in [-0.15, -0.1) is 0 Å². The third kappa shape index (κ3) is 5.45. The van der Waals surface area contributed by atoms with Crippen LogP contribution in [0.2, 0.25) is 5.02 Å². The van der Waals surface area contributed by atoms with E-state index in [4.69, 9.17) is 21.6 Å². The number of rotatable bonds is 8. The molecule has 0 amide bonds. The van der Waals surface area contributed by atoms with Crippen molar-refractivity contribution in [3.8, 4) is 17.7 Å². The second kappa shape index (κ2) is 9.95. The van der Waals surface area contributed by atoms with Gasteiger partial charge in [-0.2, -0.15) is 36.1 Å². The van der Waals surface area contributed by atoms with E-state index in [-0.39, 0.29) is 46.4 Å². The summed E-state index contributed by atoms with van der Waals surface area (Å²) in [5.41, 5.74) is -5.46. The van der Waals surface area contributed by atoms with Gasteiger partial charge in [-0.1, -0.05) is 11.6 Å². The Balaban J connectivity index is 1.45. The number of nitrogens with zero attached hydrogens (tertiary/aromatic N) is 4. The number of piperidine rings is 1. The van der Waals surface area contributed by atoms with E-state index >= 15 is 0 Å². The Morgan fingerprint density at radius 1 is 1.08 bits per heavy atom. The summed E-state index contributed by atoms with van der Waals surface area (Å²) in [4.78, 5) is 7.65. The maximum absolute atomic E-state index is 13.2. The van der Waals surface area contributed by atoms with Gasteiger partial charge >= 0.3 is 15.6 Å². The molecule has 2 aliphatic heterocycles. The molecule has 2 saturated heterocycles. The van der Waals surface area contributed by atoms with Crippen LogP contribution in [0.5, 0.6) is 11.6 Å². The number of anilines is 2. The summed E-state index contributed by atoms with van der Waals surface area (Å²) < 4.78 is 101. The van der Waals surface area contributed by atoms with Crippen molar-refractivity contribution < 1.29 is 38.9 Å². The lowest BCUT2D eigenvalue weighted by atomic mass is 10.0. The number of alkyl halides is 3. The molecule has 0 radical (unpaired) electrons. The van der Waals surface area contributed by atoms with Crippen LogP contribution >= 0.6 is 11.6 Å². The van der Waals surface area contributed by atoms with Crippen LogP contribution in [0.25, 0.3) is 0 Å². The summed E-state index contributed by atoms with van der Waals surface area (Å²) in [7, 11) is -9.59. The summed E-state index contributed by atoms with van der Waals surface area (Å²) in [6.07, 6.45) is 3.18. The molecule has 1 saturated carbocycles. The smallest absolute Gasteiger partial charge is 0.471 e. The first-order chi connectivity index (χ1) is 18.3. The molecule has 2 bridgehead atoms. The normalized spacial score (nSPS) is 23.7. The number of benzene rings is 1. The fourth-order valence-electron chi connectivity index (χ4n) is 4.87. The van der Waals surface area contributed by atoms with Gasteiger partial charge in [-0.05, 0) is 43.9 Å². The van der Waals surface area contributed by atoms with Crippen LogP contribution in [0.3, 0.4) is 0 Å². The number of halogens is 4. The van der Waals surface area contributed by atoms with Gasteiger partial charge in [-0.25, -0.2) is 13.4 Å². The molecule has 5 rings (SSSR count). The Labute approximate surface area is 227 Å². The van der Waals surface area contributed by atoms with Gasteiger partial charge in [0.15, 0.2) is 5.82 Å². The zero-order chi connectivity index (χ0) is 28.2. The molecule has 3 heterocycles. The summed E-state index contributed by atoms with van der Waals surface area (Å²) in [6.45, 7) is 0. The van der Waals surface area contributed by atoms with Crippen molar-refractivity contribution in [1.82, 2.24) is 14.3 Å². The van der Waals surface area contributed by atoms with Crippen LogP contribution in [0, 0.1) is 11.3 Å². The van der Waals surface area contributed by atoms with Gasteiger partial charge < -0.3 is 14.2 Å². The quantitative estimate of drug-likeness (QED) is 0.346. The fourth-order valence-corrected chi connectivity index (χ4v) is 7.85. The zero-order valence-electron chi connectivity index (χ0n) is 19.9. The Hall–Kier alpha value is -2.87. The third-order valence-electron chi connectivity index (χ3n) is 6.74. The lowest BCUT2D eigenvalue weighted by molar-refractivity contribution is -0.0501. The standard InChI is InChI=1S/C22H21ClF3N5O6S2/c23-17-7-12(10-27)1-6-18(17)30-20-19(37-39(34,35)22(24,25)26)21(29-11-28-20)36-15-8-13-2-3-14(9-15)31(13)38(32,33)16-4-5-16/h1,6-7,11,13-16H,2-5,8-9H2,(H,28,29,30)/t13-,14?,15?/m0/s1. The second-order valence-corrected chi connectivity index (χ2v) is 13.5. The molecule has 2 unspecified atom stereocenters. The molecule has 1 aromatic heterocycles. The molecule has 1 aromatic carbocycles. The predicted molar refractivity (Wildman–Crippen MR) is 131 cm³/mol. The van der Waals surface area contributed by atoms with E-state index in [0.29, 0.717) is 25.7 Å². The van der Waals surface area contributed by atoms with Crippen LogP contribution in [-0.2, 0) is 20.1 Å². The number of nitrogens with one attached hydrogen (secondary N) is 1. The van der Waals surface area contributed by atoms with Crippen molar-refractivity contribution in [2.24, 2.45) is 0 Å². The summed E-state index contributed by atoms with van der Waals surface area (Å²) in [5, 5.41) is 11.2. The Bertz CT molecular complexity index is 1530. The SMILES string of the molecule is N#Cc1ccc(Nc2ncnc(OC3CC4CC[C@@H](C3)N4S(=O)(=O)C3CC3)c2OS(=O)(=O)C(F)(F)F)c(Cl)c1. The predicted octanol–water partition coefficient (Wildman–Crippen LogP) is 3.84. The molecule has 17 heteroatoms. The minimum Gasteiger partial charge on any atom is -0.471 e. The average molecular weight is 608 g/mol. The zero-order valence-corrected chi connectivity index (χ0v) is 22.3. The molecule has 2 aromatic rings. The van der Waals surface area contributed by atoms with E-state index in [1.165, 1.54) is 22.5 Å². The van der Waals surface area contributed by atoms with Crippen molar-refractivity contribution in [3.63, 3.8) is 0 Å². The Morgan fingerprint density at radius 2 is 1.74 bits per heavy atom. The molecule has 3 aliphatic rings. The van der Waals surface area contributed by atoms with Gasteiger partial charge in [0.1, 0.15) is 12.4 Å². The van der Waals surface area contributed by atoms with E-state index in [2.05, 4.69) is 19.5 Å². The molecule has 3 fully saturated rings. The van der Waals surface area contributed by atoms with E-state index in [1.807, 2.05) is 6.07 Å². The minimum absolute atomic E-state index is 0.000535. The van der Waals surface area contributed by atoms with E-state index in [0.717, 1.165) is 6.33 Å². The molecular formula is C22H21ClF3N5O6S2. The van der Waals surface area contributed by atoms with Crippen LogP contribution in [-0.4, -0.2) is 60.1 Å². The molecule has 3 atom stereocenters. The molecule has 210 valence electrons. The van der Waals surface area contributed by atoms with Crippen molar-refractivity contribution in [3.05, 3.63) is 35.1 Å².